The summed E-state index contributed by atoms with van der Waals surface area (Å²) in [6.07, 6.45) is 0.766. The van der Waals surface area contributed by atoms with E-state index in [0.29, 0.717) is 11.5 Å². The molecule has 1 radical (unpaired) electrons. The Morgan fingerprint density at radius 3 is 2.60 bits per heavy atom. The van der Waals surface area contributed by atoms with Crippen LogP contribution in [0.1, 0.15) is 25.0 Å². The molecule has 0 aliphatic rings. The van der Waals surface area contributed by atoms with E-state index in [4.69, 9.17) is 5.11 Å². The number of nitrogens with zero attached hydrogens (tertiary/aromatic N) is 1. The third-order valence-corrected chi connectivity index (χ3v) is 2.00. The highest BCUT2D eigenvalue weighted by atomic mass is 16.6. The van der Waals surface area contributed by atoms with E-state index in [0.717, 1.165) is 18.6 Å². The maximum absolute atomic E-state index is 10.6. The van der Waals surface area contributed by atoms with Gasteiger partial charge in [-0.3, -0.25) is 10.1 Å². The van der Waals surface area contributed by atoms with Crippen LogP contribution in [0.15, 0.2) is 18.2 Å². The van der Waals surface area contributed by atoms with Crippen molar-refractivity contribution in [2.75, 3.05) is 0 Å². The second kappa shape index (κ2) is 4.89. The van der Waals surface area contributed by atoms with E-state index in [-0.39, 0.29) is 5.69 Å². The number of nitro benzene ring substituents is 1. The molecule has 0 spiro atoms. The van der Waals surface area contributed by atoms with Gasteiger partial charge >= 0.3 is 0 Å². The number of benzene rings is 1. The monoisotopic (exact) mass is 208 g/mol. The minimum Gasteiger partial charge on any atom is -0.385 e. The first-order valence-corrected chi connectivity index (χ1v) is 4.78. The average molecular weight is 208 g/mol. The minimum atomic E-state index is -0.448. The fourth-order valence-electron chi connectivity index (χ4n) is 1.47. The number of aliphatic hydroxyl groups excluding tert-OH is 1. The van der Waals surface area contributed by atoms with E-state index in [1.165, 1.54) is 6.07 Å². The summed E-state index contributed by atoms with van der Waals surface area (Å²) >= 11 is 0. The van der Waals surface area contributed by atoms with Gasteiger partial charge in [0.05, 0.1) is 4.92 Å². The highest BCUT2D eigenvalue weighted by molar-refractivity contribution is 5.41. The summed E-state index contributed by atoms with van der Waals surface area (Å²) in [7, 11) is 0. The van der Waals surface area contributed by atoms with Gasteiger partial charge in [-0.05, 0) is 23.5 Å². The third kappa shape index (κ3) is 3.32. The van der Waals surface area contributed by atoms with Crippen LogP contribution in [0.25, 0.3) is 0 Å². The molecular formula is C11H14NO3. The molecule has 0 fully saturated rings. The van der Waals surface area contributed by atoms with E-state index >= 15 is 0 Å². The van der Waals surface area contributed by atoms with Crippen LogP contribution in [0.3, 0.4) is 0 Å². The molecule has 0 amide bonds. The predicted octanol–water partition coefficient (Wildman–Crippen LogP) is 2.68. The number of non-ortho nitro benzene ring substituents is 1. The molecule has 15 heavy (non-hydrogen) atoms. The molecule has 1 aromatic rings. The smallest absolute Gasteiger partial charge is 0.270 e. The lowest BCUT2D eigenvalue weighted by Gasteiger charge is -2.06. The van der Waals surface area contributed by atoms with Crippen LogP contribution in [0.4, 0.5) is 5.69 Å². The molecule has 81 valence electrons. The van der Waals surface area contributed by atoms with Crippen molar-refractivity contribution in [1.29, 1.82) is 0 Å². The van der Waals surface area contributed by atoms with E-state index in [1.54, 1.807) is 12.1 Å². The van der Waals surface area contributed by atoms with Gasteiger partial charge in [0.1, 0.15) is 6.61 Å². The first-order valence-electron chi connectivity index (χ1n) is 4.78. The van der Waals surface area contributed by atoms with E-state index in [9.17, 15) is 10.1 Å². The SMILES string of the molecule is CC(C)Cc1cc([CH]O)cc([N+](=O)[O-])c1. The van der Waals surface area contributed by atoms with Crippen LogP contribution in [0.2, 0.25) is 0 Å². The molecule has 0 atom stereocenters. The number of rotatable bonds is 4. The molecule has 0 aromatic heterocycles. The van der Waals surface area contributed by atoms with Crippen LogP contribution in [0.5, 0.6) is 0 Å². The Morgan fingerprint density at radius 2 is 2.13 bits per heavy atom. The molecule has 1 rings (SSSR count). The van der Waals surface area contributed by atoms with Crippen LogP contribution < -0.4 is 0 Å². The van der Waals surface area contributed by atoms with Gasteiger partial charge in [-0.25, -0.2) is 0 Å². The molecule has 0 saturated heterocycles. The zero-order valence-electron chi connectivity index (χ0n) is 8.80. The van der Waals surface area contributed by atoms with Crippen molar-refractivity contribution >= 4 is 5.69 Å². The Balaban J connectivity index is 3.05. The molecule has 4 heteroatoms. The number of aliphatic hydroxyl groups is 1. The second-order valence-corrected chi connectivity index (χ2v) is 3.92. The summed E-state index contributed by atoms with van der Waals surface area (Å²) < 4.78 is 0. The molecule has 0 aliphatic carbocycles. The number of hydrogen-bond donors (Lipinski definition) is 1. The van der Waals surface area contributed by atoms with Crippen LogP contribution >= 0.6 is 0 Å². The van der Waals surface area contributed by atoms with Crippen LogP contribution in [-0.2, 0) is 6.42 Å². The summed E-state index contributed by atoms with van der Waals surface area (Å²) in [5.74, 6) is 0.429. The van der Waals surface area contributed by atoms with Gasteiger partial charge in [0.25, 0.3) is 5.69 Å². The normalized spacial score (nSPS) is 10.7. The Bertz CT molecular complexity index is 361. The lowest BCUT2D eigenvalue weighted by atomic mass is 10.0. The summed E-state index contributed by atoms with van der Waals surface area (Å²) in [6, 6.07) is 4.66. The fraction of sp³-hybridized carbons (Fsp3) is 0.364. The molecule has 1 N–H and O–H groups in total. The Morgan fingerprint density at radius 1 is 1.47 bits per heavy atom. The van der Waals surface area contributed by atoms with Gasteiger partial charge in [-0.15, -0.1) is 0 Å². The maximum Gasteiger partial charge on any atom is 0.270 e. The van der Waals surface area contributed by atoms with E-state index in [1.807, 2.05) is 13.8 Å². The molecule has 0 bridgehead atoms. The van der Waals surface area contributed by atoms with Crippen molar-refractivity contribution in [2.45, 2.75) is 20.3 Å². The Hall–Kier alpha value is -1.42. The molecule has 0 aliphatic heterocycles. The summed E-state index contributed by atoms with van der Waals surface area (Å²) in [6.45, 7) is 4.97. The van der Waals surface area contributed by atoms with Crippen molar-refractivity contribution in [3.8, 4) is 0 Å². The molecule has 0 heterocycles. The van der Waals surface area contributed by atoms with Gasteiger partial charge < -0.3 is 5.11 Å². The highest BCUT2D eigenvalue weighted by Crippen LogP contribution is 2.20. The van der Waals surface area contributed by atoms with E-state index in [2.05, 4.69) is 0 Å². The van der Waals surface area contributed by atoms with Crippen molar-refractivity contribution in [3.05, 3.63) is 46.0 Å². The van der Waals surface area contributed by atoms with E-state index < -0.39 is 4.92 Å². The zero-order chi connectivity index (χ0) is 11.4. The van der Waals surface area contributed by atoms with Gasteiger partial charge in [0, 0.05) is 12.1 Å². The molecule has 1 aromatic carbocycles. The van der Waals surface area contributed by atoms with Gasteiger partial charge in [-0.2, -0.15) is 0 Å². The quantitative estimate of drug-likeness (QED) is 0.611. The largest absolute Gasteiger partial charge is 0.385 e. The van der Waals surface area contributed by atoms with Gasteiger partial charge in [0.2, 0.25) is 0 Å². The van der Waals surface area contributed by atoms with Gasteiger partial charge in [0.15, 0.2) is 0 Å². The summed E-state index contributed by atoms with van der Waals surface area (Å²) in [4.78, 5) is 10.2. The lowest BCUT2D eigenvalue weighted by molar-refractivity contribution is -0.385. The van der Waals surface area contributed by atoms with Crippen LogP contribution in [0, 0.1) is 22.6 Å². The molecular weight excluding hydrogens is 194 g/mol. The van der Waals surface area contributed by atoms with Crippen molar-refractivity contribution in [2.24, 2.45) is 5.92 Å². The van der Waals surface area contributed by atoms with Crippen molar-refractivity contribution < 1.29 is 10.0 Å². The highest BCUT2D eigenvalue weighted by Gasteiger charge is 2.10. The van der Waals surface area contributed by atoms with Crippen molar-refractivity contribution in [1.82, 2.24) is 0 Å². The van der Waals surface area contributed by atoms with Crippen LogP contribution in [-0.4, -0.2) is 10.0 Å². The molecule has 0 unspecified atom stereocenters. The molecule has 0 saturated carbocycles. The maximum atomic E-state index is 10.6. The molecule has 4 nitrogen and oxygen atoms in total. The van der Waals surface area contributed by atoms with Gasteiger partial charge in [-0.1, -0.05) is 19.9 Å². The Labute approximate surface area is 88.7 Å². The van der Waals surface area contributed by atoms with Crippen molar-refractivity contribution in [3.63, 3.8) is 0 Å². The minimum absolute atomic E-state index is 0.0217. The Kier molecular flexibility index (Phi) is 3.80. The second-order valence-electron chi connectivity index (χ2n) is 3.92. The first-order chi connectivity index (χ1) is 7.02. The third-order valence-electron chi connectivity index (χ3n) is 2.00. The summed E-state index contributed by atoms with van der Waals surface area (Å²) in [5, 5.41) is 19.5. The zero-order valence-corrected chi connectivity index (χ0v) is 8.80. The first kappa shape index (κ1) is 11.7. The lowest BCUT2D eigenvalue weighted by Crippen LogP contribution is -1.98. The number of hydrogen-bond acceptors (Lipinski definition) is 3. The fourth-order valence-corrected chi connectivity index (χ4v) is 1.47. The average Bonchev–Trinajstić information content (AvgIpc) is 2.16. The predicted molar refractivity (Wildman–Crippen MR) is 57.0 cm³/mol. The topological polar surface area (TPSA) is 63.4 Å². The standard InChI is InChI=1S/C11H14NO3/c1-8(2)3-9-4-10(7-13)6-11(5-9)12(14)15/h4-8,13H,3H2,1-2H3. The number of nitro groups is 1. The summed E-state index contributed by atoms with van der Waals surface area (Å²) in [5.41, 5.74) is 1.37.